The Hall–Kier alpha value is -3.05. The largest absolute Gasteiger partial charge is 0.451 e. The lowest BCUT2D eigenvalue weighted by Crippen LogP contribution is -2.48. The third-order valence-electron chi connectivity index (χ3n) is 5.15. The molecular formula is C23H21ClN2O3. The Morgan fingerprint density at radius 3 is 2.14 bits per heavy atom. The Labute approximate surface area is 174 Å². The van der Waals surface area contributed by atoms with Gasteiger partial charge < -0.3 is 14.2 Å². The number of hydrogen-bond donors (Lipinski definition) is 0. The normalized spacial score (nSPS) is 14.1. The van der Waals surface area contributed by atoms with E-state index < -0.39 is 0 Å². The molecule has 148 valence electrons. The Kier molecular flexibility index (Phi) is 5.41. The second-order valence-electron chi connectivity index (χ2n) is 7.05. The maximum atomic E-state index is 12.8. The van der Waals surface area contributed by atoms with E-state index in [9.17, 15) is 9.59 Å². The van der Waals surface area contributed by atoms with Gasteiger partial charge in [-0.3, -0.25) is 9.59 Å². The molecule has 1 amide bonds. The van der Waals surface area contributed by atoms with E-state index >= 15 is 0 Å². The summed E-state index contributed by atoms with van der Waals surface area (Å²) in [6, 6.07) is 18.5. The topological polar surface area (TPSA) is 53.8 Å². The number of halogens is 1. The number of carbonyl (C=O) groups excluding carboxylic acids is 2. The van der Waals surface area contributed by atoms with Crippen LogP contribution in [0.25, 0.3) is 11.3 Å². The van der Waals surface area contributed by atoms with Crippen LogP contribution >= 0.6 is 11.6 Å². The lowest BCUT2D eigenvalue weighted by Gasteiger charge is -2.35. The van der Waals surface area contributed by atoms with Gasteiger partial charge in [0, 0.05) is 48.0 Å². The van der Waals surface area contributed by atoms with Crippen LogP contribution in [-0.4, -0.2) is 42.8 Å². The van der Waals surface area contributed by atoms with Crippen molar-refractivity contribution in [3.63, 3.8) is 0 Å². The average Bonchev–Trinajstić information content (AvgIpc) is 3.24. The van der Waals surface area contributed by atoms with E-state index in [1.165, 1.54) is 0 Å². The molecule has 0 saturated carbocycles. The zero-order valence-corrected chi connectivity index (χ0v) is 16.9. The predicted molar refractivity (Wildman–Crippen MR) is 114 cm³/mol. The van der Waals surface area contributed by atoms with Crippen LogP contribution in [0.4, 0.5) is 5.69 Å². The minimum atomic E-state index is -0.100. The molecule has 1 saturated heterocycles. The summed E-state index contributed by atoms with van der Waals surface area (Å²) in [4.78, 5) is 28.3. The van der Waals surface area contributed by atoms with Gasteiger partial charge in [0.2, 0.25) is 0 Å². The van der Waals surface area contributed by atoms with Gasteiger partial charge in [-0.25, -0.2) is 0 Å². The summed E-state index contributed by atoms with van der Waals surface area (Å²) in [5.74, 6) is 0.948. The number of benzene rings is 2. The zero-order chi connectivity index (χ0) is 20.4. The molecule has 3 aromatic rings. The first kappa shape index (κ1) is 19.3. The van der Waals surface area contributed by atoms with Crippen molar-refractivity contribution in [2.45, 2.75) is 6.92 Å². The van der Waals surface area contributed by atoms with Gasteiger partial charge in [-0.15, -0.1) is 0 Å². The molecule has 5 nitrogen and oxygen atoms in total. The van der Waals surface area contributed by atoms with E-state index in [1.54, 1.807) is 25.1 Å². The van der Waals surface area contributed by atoms with Crippen LogP contribution in [0.3, 0.4) is 0 Å². The molecule has 1 aliphatic rings. The Morgan fingerprint density at radius 2 is 1.52 bits per heavy atom. The summed E-state index contributed by atoms with van der Waals surface area (Å²) in [6.45, 7) is 4.26. The van der Waals surface area contributed by atoms with Crippen LogP contribution in [0.5, 0.6) is 0 Å². The van der Waals surface area contributed by atoms with Crippen molar-refractivity contribution in [1.29, 1.82) is 0 Å². The number of nitrogens with zero attached hydrogens (tertiary/aromatic N) is 2. The lowest BCUT2D eigenvalue weighted by molar-refractivity contribution is 0.0715. The van der Waals surface area contributed by atoms with Crippen LogP contribution in [-0.2, 0) is 0 Å². The molecule has 29 heavy (non-hydrogen) atoms. The number of Topliss-reactive ketones (excluding diaryl/α,β-unsaturated/α-hetero) is 1. The second-order valence-corrected chi connectivity index (χ2v) is 7.49. The number of anilines is 1. The van der Waals surface area contributed by atoms with Crippen molar-refractivity contribution >= 4 is 29.0 Å². The third kappa shape index (κ3) is 4.20. The van der Waals surface area contributed by atoms with Crippen molar-refractivity contribution in [3.8, 4) is 11.3 Å². The molecule has 2 heterocycles. The van der Waals surface area contributed by atoms with E-state index in [-0.39, 0.29) is 11.7 Å². The summed E-state index contributed by atoms with van der Waals surface area (Å²) in [5.41, 5.74) is 2.65. The average molecular weight is 409 g/mol. The molecule has 1 aromatic heterocycles. The monoisotopic (exact) mass is 408 g/mol. The van der Waals surface area contributed by atoms with Gasteiger partial charge in [0.05, 0.1) is 0 Å². The smallest absolute Gasteiger partial charge is 0.289 e. The van der Waals surface area contributed by atoms with Crippen molar-refractivity contribution in [3.05, 3.63) is 77.0 Å². The number of furan rings is 1. The fourth-order valence-corrected chi connectivity index (χ4v) is 3.58. The number of rotatable bonds is 4. The summed E-state index contributed by atoms with van der Waals surface area (Å²) in [6.07, 6.45) is 0. The first-order valence-electron chi connectivity index (χ1n) is 9.52. The molecule has 1 fully saturated rings. The van der Waals surface area contributed by atoms with Crippen LogP contribution in [0.2, 0.25) is 5.02 Å². The van der Waals surface area contributed by atoms with Crippen molar-refractivity contribution in [1.82, 2.24) is 4.90 Å². The molecule has 2 aromatic carbocycles. The summed E-state index contributed by atoms with van der Waals surface area (Å²) in [7, 11) is 0. The minimum Gasteiger partial charge on any atom is -0.451 e. The molecular weight excluding hydrogens is 388 g/mol. The van der Waals surface area contributed by atoms with Crippen LogP contribution in [0, 0.1) is 0 Å². The molecule has 0 unspecified atom stereocenters. The van der Waals surface area contributed by atoms with E-state index in [2.05, 4.69) is 4.90 Å². The first-order chi connectivity index (χ1) is 14.0. The number of piperazine rings is 1. The number of amides is 1. The zero-order valence-electron chi connectivity index (χ0n) is 16.1. The second kappa shape index (κ2) is 8.13. The van der Waals surface area contributed by atoms with Gasteiger partial charge in [-0.05, 0) is 67.6 Å². The Bertz CT molecular complexity index is 1020. The standard InChI is InChI=1S/C23H21ClN2O3/c1-16(27)17-4-8-20(9-5-17)25-12-14-26(15-13-25)23(28)22-11-10-21(29-22)18-2-6-19(24)7-3-18/h2-11H,12-15H2,1H3. The molecule has 6 heteroatoms. The number of hydrogen-bond acceptors (Lipinski definition) is 4. The summed E-state index contributed by atoms with van der Waals surface area (Å²) < 4.78 is 5.79. The number of carbonyl (C=O) groups is 2. The maximum Gasteiger partial charge on any atom is 0.289 e. The molecule has 0 aliphatic carbocycles. The fourth-order valence-electron chi connectivity index (χ4n) is 3.45. The quantitative estimate of drug-likeness (QED) is 0.584. The Balaban J connectivity index is 1.39. The van der Waals surface area contributed by atoms with Gasteiger partial charge in [0.1, 0.15) is 5.76 Å². The lowest BCUT2D eigenvalue weighted by atomic mass is 10.1. The molecule has 4 rings (SSSR count). The van der Waals surface area contributed by atoms with Gasteiger partial charge in [0.25, 0.3) is 5.91 Å². The van der Waals surface area contributed by atoms with Crippen molar-refractivity contribution in [2.24, 2.45) is 0 Å². The van der Waals surface area contributed by atoms with Gasteiger partial charge >= 0.3 is 0 Å². The highest BCUT2D eigenvalue weighted by Crippen LogP contribution is 2.25. The maximum absolute atomic E-state index is 12.8. The van der Waals surface area contributed by atoms with Crippen molar-refractivity contribution in [2.75, 3.05) is 31.1 Å². The van der Waals surface area contributed by atoms with E-state index in [0.717, 1.165) is 24.3 Å². The van der Waals surface area contributed by atoms with Gasteiger partial charge in [-0.1, -0.05) is 11.6 Å². The highest BCUT2D eigenvalue weighted by atomic mass is 35.5. The molecule has 0 spiro atoms. The van der Waals surface area contributed by atoms with E-state index in [0.29, 0.717) is 35.2 Å². The highest BCUT2D eigenvalue weighted by molar-refractivity contribution is 6.30. The minimum absolute atomic E-state index is 0.0587. The molecule has 0 bridgehead atoms. The summed E-state index contributed by atoms with van der Waals surface area (Å²) >= 11 is 5.92. The van der Waals surface area contributed by atoms with Crippen LogP contribution < -0.4 is 4.90 Å². The Morgan fingerprint density at radius 1 is 0.862 bits per heavy atom. The van der Waals surface area contributed by atoms with Crippen LogP contribution in [0.1, 0.15) is 27.8 Å². The van der Waals surface area contributed by atoms with Crippen LogP contribution in [0.15, 0.2) is 65.1 Å². The molecule has 0 radical (unpaired) electrons. The van der Waals surface area contributed by atoms with E-state index in [4.69, 9.17) is 16.0 Å². The molecule has 0 N–H and O–H groups in total. The third-order valence-corrected chi connectivity index (χ3v) is 5.40. The first-order valence-corrected chi connectivity index (χ1v) is 9.90. The predicted octanol–water partition coefficient (Wildman–Crippen LogP) is 4.77. The van der Waals surface area contributed by atoms with E-state index in [1.807, 2.05) is 47.4 Å². The van der Waals surface area contributed by atoms with Gasteiger partial charge in [0.15, 0.2) is 11.5 Å². The summed E-state index contributed by atoms with van der Waals surface area (Å²) in [5, 5.41) is 0.658. The number of ketones is 1. The van der Waals surface area contributed by atoms with Gasteiger partial charge in [-0.2, -0.15) is 0 Å². The highest BCUT2D eigenvalue weighted by Gasteiger charge is 2.24. The van der Waals surface area contributed by atoms with Crippen molar-refractivity contribution < 1.29 is 14.0 Å². The molecule has 1 aliphatic heterocycles. The SMILES string of the molecule is CC(=O)c1ccc(N2CCN(C(=O)c3ccc(-c4ccc(Cl)cc4)o3)CC2)cc1. The molecule has 0 atom stereocenters. The fraction of sp³-hybridized carbons (Fsp3) is 0.217.